The van der Waals surface area contributed by atoms with Gasteiger partial charge < -0.3 is 10.1 Å². The zero-order valence-corrected chi connectivity index (χ0v) is 12.6. The van der Waals surface area contributed by atoms with Gasteiger partial charge in [-0.1, -0.05) is 38.1 Å². The Labute approximate surface area is 132 Å². The van der Waals surface area contributed by atoms with Crippen LogP contribution >= 0.6 is 0 Å². The highest BCUT2D eigenvalue weighted by Crippen LogP contribution is 2.30. The Bertz CT molecular complexity index is 679. The summed E-state index contributed by atoms with van der Waals surface area (Å²) in [5, 5.41) is 2.43. The number of alkyl halides is 3. The lowest BCUT2D eigenvalue weighted by atomic mass is 10.0. The highest BCUT2D eigenvalue weighted by atomic mass is 19.4. The molecule has 0 spiro atoms. The first kappa shape index (κ1) is 16.9. The summed E-state index contributed by atoms with van der Waals surface area (Å²) < 4.78 is 41.0. The topological polar surface area (TPSA) is 38.3 Å². The standard InChI is InChI=1S/C17H16F3NO2/c1-11(2)12-7-9-13(10-8-12)16(22)21-14-5-3-4-6-15(14)23-17(18,19)20/h3-11H,1-2H3,(H,21,22). The van der Waals surface area contributed by atoms with E-state index in [1.54, 1.807) is 12.1 Å². The first-order chi connectivity index (χ1) is 10.8. The number of carbonyl (C=O) groups excluding carboxylic acids is 1. The van der Waals surface area contributed by atoms with Gasteiger partial charge >= 0.3 is 6.36 Å². The number of hydrogen-bond donors (Lipinski definition) is 1. The Balaban J connectivity index is 2.17. The summed E-state index contributed by atoms with van der Waals surface area (Å²) in [4.78, 5) is 12.2. The van der Waals surface area contributed by atoms with E-state index in [4.69, 9.17) is 0 Å². The number of ether oxygens (including phenoxy) is 1. The number of amides is 1. The van der Waals surface area contributed by atoms with Crippen LogP contribution in [0, 0.1) is 0 Å². The molecule has 23 heavy (non-hydrogen) atoms. The fraction of sp³-hybridized carbons (Fsp3) is 0.235. The fourth-order valence-electron chi connectivity index (χ4n) is 2.00. The molecule has 2 aromatic carbocycles. The van der Waals surface area contributed by atoms with Crippen molar-refractivity contribution in [2.75, 3.05) is 5.32 Å². The Morgan fingerprint density at radius 3 is 2.22 bits per heavy atom. The summed E-state index contributed by atoms with van der Waals surface area (Å²) in [7, 11) is 0. The number of para-hydroxylation sites is 2. The molecule has 0 unspecified atom stereocenters. The Morgan fingerprint density at radius 2 is 1.65 bits per heavy atom. The SMILES string of the molecule is CC(C)c1ccc(C(=O)Nc2ccccc2OC(F)(F)F)cc1. The zero-order valence-electron chi connectivity index (χ0n) is 12.6. The molecule has 122 valence electrons. The molecule has 0 fully saturated rings. The Morgan fingerprint density at radius 1 is 1.04 bits per heavy atom. The van der Waals surface area contributed by atoms with Gasteiger partial charge in [-0.15, -0.1) is 13.2 Å². The minimum atomic E-state index is -4.82. The van der Waals surface area contributed by atoms with Crippen LogP contribution in [0.15, 0.2) is 48.5 Å². The number of rotatable bonds is 4. The molecule has 0 saturated heterocycles. The second-order valence-corrected chi connectivity index (χ2v) is 5.27. The quantitative estimate of drug-likeness (QED) is 0.863. The largest absolute Gasteiger partial charge is 0.573 e. The molecule has 3 nitrogen and oxygen atoms in total. The van der Waals surface area contributed by atoms with Crippen molar-refractivity contribution in [1.82, 2.24) is 0 Å². The average molecular weight is 323 g/mol. The number of nitrogens with one attached hydrogen (secondary N) is 1. The van der Waals surface area contributed by atoms with Gasteiger partial charge in [0.05, 0.1) is 5.69 Å². The molecule has 0 aliphatic rings. The molecule has 1 amide bonds. The third-order valence-electron chi connectivity index (χ3n) is 3.20. The summed E-state index contributed by atoms with van der Waals surface area (Å²) in [5.74, 6) is -0.626. The van der Waals surface area contributed by atoms with Crippen LogP contribution < -0.4 is 10.1 Å². The predicted octanol–water partition coefficient (Wildman–Crippen LogP) is 4.96. The summed E-state index contributed by atoms with van der Waals surface area (Å²) in [6.07, 6.45) is -4.82. The normalized spacial score (nSPS) is 11.4. The summed E-state index contributed by atoms with van der Waals surface area (Å²) in [5.41, 5.74) is 1.39. The van der Waals surface area contributed by atoms with E-state index in [-0.39, 0.29) is 5.69 Å². The minimum absolute atomic E-state index is 0.0391. The highest BCUT2D eigenvalue weighted by Gasteiger charge is 2.32. The Hall–Kier alpha value is -2.50. The van der Waals surface area contributed by atoms with Gasteiger partial charge in [0.25, 0.3) is 5.91 Å². The second-order valence-electron chi connectivity index (χ2n) is 5.27. The number of anilines is 1. The maximum Gasteiger partial charge on any atom is 0.573 e. The van der Waals surface area contributed by atoms with E-state index in [1.807, 2.05) is 26.0 Å². The van der Waals surface area contributed by atoms with Crippen LogP contribution in [-0.4, -0.2) is 12.3 Å². The molecule has 2 rings (SSSR count). The van der Waals surface area contributed by atoms with Gasteiger partial charge in [0, 0.05) is 5.56 Å². The van der Waals surface area contributed by atoms with Crippen LogP contribution in [0.2, 0.25) is 0 Å². The van der Waals surface area contributed by atoms with Crippen LogP contribution in [0.4, 0.5) is 18.9 Å². The van der Waals surface area contributed by atoms with Crippen molar-refractivity contribution < 1.29 is 22.7 Å². The average Bonchev–Trinajstić information content (AvgIpc) is 2.48. The van der Waals surface area contributed by atoms with Gasteiger partial charge in [-0.3, -0.25) is 4.79 Å². The molecule has 0 saturated carbocycles. The van der Waals surface area contributed by atoms with Gasteiger partial charge in [-0.2, -0.15) is 0 Å². The number of hydrogen-bond acceptors (Lipinski definition) is 2. The molecule has 2 aromatic rings. The molecule has 0 aliphatic heterocycles. The number of carbonyl (C=O) groups is 1. The second kappa shape index (κ2) is 6.73. The Kier molecular flexibility index (Phi) is 4.93. The van der Waals surface area contributed by atoms with E-state index in [2.05, 4.69) is 10.1 Å². The molecular weight excluding hydrogens is 307 g/mol. The van der Waals surface area contributed by atoms with Crippen LogP contribution in [0.3, 0.4) is 0 Å². The maximum absolute atomic E-state index is 12.4. The first-order valence-corrected chi connectivity index (χ1v) is 7.02. The molecule has 6 heteroatoms. The van der Waals surface area contributed by atoms with Crippen LogP contribution in [0.25, 0.3) is 0 Å². The molecule has 1 N–H and O–H groups in total. The molecule has 0 aromatic heterocycles. The zero-order chi connectivity index (χ0) is 17.0. The molecular formula is C17H16F3NO2. The van der Waals surface area contributed by atoms with E-state index >= 15 is 0 Å². The lowest BCUT2D eigenvalue weighted by Crippen LogP contribution is -2.19. The van der Waals surface area contributed by atoms with Crippen molar-refractivity contribution in [3.63, 3.8) is 0 Å². The monoisotopic (exact) mass is 323 g/mol. The van der Waals surface area contributed by atoms with E-state index in [0.29, 0.717) is 11.5 Å². The van der Waals surface area contributed by atoms with E-state index in [0.717, 1.165) is 11.6 Å². The van der Waals surface area contributed by atoms with Crippen molar-refractivity contribution in [2.45, 2.75) is 26.1 Å². The fourth-order valence-corrected chi connectivity index (χ4v) is 2.00. The third-order valence-corrected chi connectivity index (χ3v) is 3.20. The highest BCUT2D eigenvalue weighted by molar-refractivity contribution is 6.05. The molecule has 0 atom stereocenters. The van der Waals surface area contributed by atoms with Crippen molar-refractivity contribution in [3.05, 3.63) is 59.7 Å². The van der Waals surface area contributed by atoms with Gasteiger partial charge in [0.2, 0.25) is 0 Å². The van der Waals surface area contributed by atoms with E-state index in [1.165, 1.54) is 18.2 Å². The van der Waals surface area contributed by atoms with Crippen molar-refractivity contribution in [3.8, 4) is 5.75 Å². The lowest BCUT2D eigenvalue weighted by molar-refractivity contribution is -0.274. The summed E-state index contributed by atoms with van der Waals surface area (Å²) in [6, 6.07) is 12.3. The molecule has 0 radical (unpaired) electrons. The first-order valence-electron chi connectivity index (χ1n) is 7.02. The van der Waals surface area contributed by atoms with Crippen molar-refractivity contribution in [1.29, 1.82) is 0 Å². The van der Waals surface area contributed by atoms with Crippen LogP contribution in [-0.2, 0) is 0 Å². The lowest BCUT2D eigenvalue weighted by Gasteiger charge is -2.14. The number of halogens is 3. The van der Waals surface area contributed by atoms with Crippen molar-refractivity contribution >= 4 is 11.6 Å². The minimum Gasteiger partial charge on any atom is -0.404 e. The molecule has 0 bridgehead atoms. The van der Waals surface area contributed by atoms with Gasteiger partial charge in [0.1, 0.15) is 0 Å². The van der Waals surface area contributed by atoms with Gasteiger partial charge in [0.15, 0.2) is 5.75 Å². The summed E-state index contributed by atoms with van der Waals surface area (Å²) in [6.45, 7) is 4.06. The van der Waals surface area contributed by atoms with Gasteiger partial charge in [-0.05, 0) is 35.7 Å². The smallest absolute Gasteiger partial charge is 0.404 e. The molecule has 0 heterocycles. The van der Waals surface area contributed by atoms with E-state index < -0.39 is 18.0 Å². The number of benzene rings is 2. The third kappa shape index (κ3) is 4.74. The van der Waals surface area contributed by atoms with Crippen molar-refractivity contribution in [2.24, 2.45) is 0 Å². The van der Waals surface area contributed by atoms with E-state index in [9.17, 15) is 18.0 Å². The maximum atomic E-state index is 12.4. The van der Waals surface area contributed by atoms with Crippen LogP contribution in [0.1, 0.15) is 35.7 Å². The molecule has 0 aliphatic carbocycles. The van der Waals surface area contributed by atoms with Crippen LogP contribution in [0.5, 0.6) is 5.75 Å². The predicted molar refractivity (Wildman–Crippen MR) is 81.6 cm³/mol. The van der Waals surface area contributed by atoms with Gasteiger partial charge in [-0.25, -0.2) is 0 Å². The summed E-state index contributed by atoms with van der Waals surface area (Å²) >= 11 is 0.